The van der Waals surface area contributed by atoms with Crippen LogP contribution in [-0.4, -0.2) is 9.97 Å². The summed E-state index contributed by atoms with van der Waals surface area (Å²) < 4.78 is 0. The second-order valence-corrected chi connectivity index (χ2v) is 5.67. The summed E-state index contributed by atoms with van der Waals surface area (Å²) in [5.41, 5.74) is -0.0270. The molecule has 6 heteroatoms. The summed E-state index contributed by atoms with van der Waals surface area (Å²) in [7, 11) is 0. The van der Waals surface area contributed by atoms with Gasteiger partial charge in [-0.25, -0.2) is 0 Å². The standard InChI is InChI=1S/C16H11N3O2S/c17-7-10-5-6-14(13-4-2-1-3-12(10)13)22-9-11-8-18-15(20)16(21)19-11/h1-6,8H,9H2,(H,18,20)(H,19,21). The van der Waals surface area contributed by atoms with E-state index in [-0.39, 0.29) is 0 Å². The molecule has 0 saturated heterocycles. The molecule has 0 radical (unpaired) electrons. The Labute approximate surface area is 129 Å². The molecule has 0 bridgehead atoms. The third kappa shape index (κ3) is 2.67. The van der Waals surface area contributed by atoms with Crippen molar-refractivity contribution in [2.75, 3.05) is 0 Å². The van der Waals surface area contributed by atoms with Crippen LogP contribution in [0.2, 0.25) is 0 Å². The van der Waals surface area contributed by atoms with E-state index in [9.17, 15) is 9.59 Å². The Morgan fingerprint density at radius 1 is 1.05 bits per heavy atom. The first-order chi connectivity index (χ1) is 10.7. The predicted octanol–water partition coefficient (Wildman–Crippen LogP) is 2.38. The van der Waals surface area contributed by atoms with E-state index >= 15 is 0 Å². The third-order valence-corrected chi connectivity index (χ3v) is 4.37. The molecule has 0 aliphatic carbocycles. The van der Waals surface area contributed by atoms with Gasteiger partial charge in [-0.15, -0.1) is 11.8 Å². The predicted molar refractivity (Wildman–Crippen MR) is 85.9 cm³/mol. The first-order valence-electron chi connectivity index (χ1n) is 6.54. The molecular weight excluding hydrogens is 298 g/mol. The molecule has 1 aromatic heterocycles. The van der Waals surface area contributed by atoms with Crippen LogP contribution in [0.5, 0.6) is 0 Å². The summed E-state index contributed by atoms with van der Waals surface area (Å²) in [4.78, 5) is 28.3. The molecule has 0 spiro atoms. The lowest BCUT2D eigenvalue weighted by Gasteiger charge is -2.07. The third-order valence-electron chi connectivity index (χ3n) is 3.25. The van der Waals surface area contributed by atoms with Crippen LogP contribution in [0.3, 0.4) is 0 Å². The molecule has 0 saturated carbocycles. The van der Waals surface area contributed by atoms with Crippen LogP contribution >= 0.6 is 11.8 Å². The fraction of sp³-hybridized carbons (Fsp3) is 0.0625. The molecular formula is C16H11N3O2S. The van der Waals surface area contributed by atoms with Gasteiger partial charge in [0.1, 0.15) is 0 Å². The van der Waals surface area contributed by atoms with Gasteiger partial charge >= 0.3 is 11.1 Å². The average molecular weight is 309 g/mol. The van der Waals surface area contributed by atoms with E-state index in [1.165, 1.54) is 18.0 Å². The summed E-state index contributed by atoms with van der Waals surface area (Å²) in [6, 6.07) is 13.6. The number of H-pyrrole nitrogens is 2. The van der Waals surface area contributed by atoms with Crippen molar-refractivity contribution in [1.29, 1.82) is 5.26 Å². The van der Waals surface area contributed by atoms with Crippen molar-refractivity contribution in [3.8, 4) is 6.07 Å². The number of hydrogen-bond donors (Lipinski definition) is 2. The van der Waals surface area contributed by atoms with Gasteiger partial charge in [-0.3, -0.25) is 9.59 Å². The van der Waals surface area contributed by atoms with Crippen LogP contribution in [0.1, 0.15) is 11.3 Å². The maximum absolute atomic E-state index is 11.3. The lowest BCUT2D eigenvalue weighted by atomic mass is 10.1. The normalized spacial score (nSPS) is 10.5. The van der Waals surface area contributed by atoms with E-state index in [1.807, 2.05) is 30.3 Å². The second-order valence-electron chi connectivity index (χ2n) is 4.65. The number of thioether (sulfide) groups is 1. The van der Waals surface area contributed by atoms with Gasteiger partial charge in [0.25, 0.3) is 0 Å². The van der Waals surface area contributed by atoms with Gasteiger partial charge in [0.15, 0.2) is 0 Å². The van der Waals surface area contributed by atoms with Crippen molar-refractivity contribution in [2.45, 2.75) is 10.6 Å². The van der Waals surface area contributed by atoms with Crippen molar-refractivity contribution in [3.63, 3.8) is 0 Å². The second kappa shape index (κ2) is 5.92. The van der Waals surface area contributed by atoms with E-state index in [1.54, 1.807) is 6.07 Å². The lowest BCUT2D eigenvalue weighted by Crippen LogP contribution is -2.29. The van der Waals surface area contributed by atoms with Crippen molar-refractivity contribution >= 4 is 22.5 Å². The monoisotopic (exact) mass is 309 g/mol. The Bertz CT molecular complexity index is 998. The zero-order valence-electron chi connectivity index (χ0n) is 11.4. The number of nitriles is 1. The van der Waals surface area contributed by atoms with Gasteiger partial charge in [0, 0.05) is 27.9 Å². The highest BCUT2D eigenvalue weighted by Crippen LogP contribution is 2.31. The Morgan fingerprint density at radius 2 is 1.82 bits per heavy atom. The minimum absolute atomic E-state index is 0.516. The van der Waals surface area contributed by atoms with Gasteiger partial charge < -0.3 is 9.97 Å². The molecule has 2 N–H and O–H groups in total. The van der Waals surface area contributed by atoms with Gasteiger partial charge in [0.2, 0.25) is 0 Å². The highest BCUT2D eigenvalue weighted by Gasteiger charge is 2.07. The molecule has 0 aliphatic rings. The van der Waals surface area contributed by atoms with Crippen LogP contribution in [0.4, 0.5) is 0 Å². The number of aromatic nitrogens is 2. The van der Waals surface area contributed by atoms with Crippen molar-refractivity contribution in [3.05, 3.63) is 74.6 Å². The molecule has 0 unspecified atom stereocenters. The van der Waals surface area contributed by atoms with E-state index in [0.717, 1.165) is 15.7 Å². The molecule has 22 heavy (non-hydrogen) atoms. The zero-order valence-corrected chi connectivity index (χ0v) is 12.2. The fourth-order valence-electron chi connectivity index (χ4n) is 2.18. The van der Waals surface area contributed by atoms with Crippen LogP contribution in [-0.2, 0) is 5.75 Å². The summed E-state index contributed by atoms with van der Waals surface area (Å²) in [6.45, 7) is 0. The summed E-state index contributed by atoms with van der Waals surface area (Å²) in [6.07, 6.45) is 1.50. The van der Waals surface area contributed by atoms with Gasteiger partial charge in [-0.05, 0) is 17.5 Å². The fourth-order valence-corrected chi connectivity index (χ4v) is 3.15. The molecule has 1 heterocycles. The van der Waals surface area contributed by atoms with Crippen LogP contribution < -0.4 is 11.1 Å². The average Bonchev–Trinajstić information content (AvgIpc) is 2.55. The minimum atomic E-state index is -0.655. The molecule has 0 atom stereocenters. The molecule has 0 aliphatic heterocycles. The highest BCUT2D eigenvalue weighted by molar-refractivity contribution is 7.98. The molecule has 0 amide bonds. The number of benzene rings is 2. The Balaban J connectivity index is 1.94. The SMILES string of the molecule is N#Cc1ccc(SCc2c[nH]c(=O)c(=O)[nH]2)c2ccccc12. The topological polar surface area (TPSA) is 89.5 Å². The summed E-state index contributed by atoms with van der Waals surface area (Å²) in [5, 5.41) is 11.1. The van der Waals surface area contributed by atoms with Crippen molar-refractivity contribution < 1.29 is 0 Å². The molecule has 0 fully saturated rings. The van der Waals surface area contributed by atoms with Crippen LogP contribution in [0.25, 0.3) is 10.8 Å². The molecule has 3 aromatic rings. The zero-order chi connectivity index (χ0) is 15.5. The van der Waals surface area contributed by atoms with E-state index in [0.29, 0.717) is 17.0 Å². The van der Waals surface area contributed by atoms with Gasteiger partial charge in [0.05, 0.1) is 11.6 Å². The van der Waals surface area contributed by atoms with E-state index in [4.69, 9.17) is 5.26 Å². The summed E-state index contributed by atoms with van der Waals surface area (Å²) >= 11 is 1.54. The molecule has 2 aromatic carbocycles. The van der Waals surface area contributed by atoms with Crippen molar-refractivity contribution in [1.82, 2.24) is 9.97 Å². The smallest absolute Gasteiger partial charge is 0.313 e. The Morgan fingerprint density at radius 3 is 2.55 bits per heavy atom. The number of aromatic amines is 2. The Hall–Kier alpha value is -2.78. The molecule has 5 nitrogen and oxygen atoms in total. The maximum atomic E-state index is 11.3. The molecule has 108 valence electrons. The summed E-state index contributed by atoms with van der Waals surface area (Å²) in [5.74, 6) is 0.516. The van der Waals surface area contributed by atoms with Gasteiger partial charge in [-0.2, -0.15) is 5.26 Å². The van der Waals surface area contributed by atoms with Crippen molar-refractivity contribution in [2.24, 2.45) is 0 Å². The largest absolute Gasteiger partial charge is 0.323 e. The quantitative estimate of drug-likeness (QED) is 0.574. The van der Waals surface area contributed by atoms with E-state index in [2.05, 4.69) is 16.0 Å². The maximum Gasteiger partial charge on any atom is 0.313 e. The minimum Gasteiger partial charge on any atom is -0.323 e. The highest BCUT2D eigenvalue weighted by atomic mass is 32.2. The first kappa shape index (κ1) is 14.2. The molecule has 3 rings (SSSR count). The first-order valence-corrected chi connectivity index (χ1v) is 7.53. The number of hydrogen-bond acceptors (Lipinski definition) is 4. The Kier molecular flexibility index (Phi) is 3.81. The lowest BCUT2D eigenvalue weighted by molar-refractivity contribution is 1.01. The van der Waals surface area contributed by atoms with Gasteiger partial charge in [-0.1, -0.05) is 24.3 Å². The number of fused-ring (bicyclic) bond motifs is 1. The van der Waals surface area contributed by atoms with E-state index < -0.39 is 11.1 Å². The van der Waals surface area contributed by atoms with Crippen LogP contribution in [0.15, 0.2) is 57.1 Å². The number of nitrogens with one attached hydrogen (secondary N) is 2. The number of rotatable bonds is 3. The number of nitrogens with zero attached hydrogens (tertiary/aromatic N) is 1. The van der Waals surface area contributed by atoms with Crippen LogP contribution in [0, 0.1) is 11.3 Å².